The van der Waals surface area contributed by atoms with Crippen molar-refractivity contribution in [1.82, 2.24) is 9.38 Å². The lowest BCUT2D eigenvalue weighted by Gasteiger charge is -2.05. The summed E-state index contributed by atoms with van der Waals surface area (Å²) in [5.74, 6) is -1.10. The Hall–Kier alpha value is -3.20. The molecule has 3 rings (SSSR count). The van der Waals surface area contributed by atoms with Crippen molar-refractivity contribution >= 4 is 27.3 Å². The van der Waals surface area contributed by atoms with Crippen molar-refractivity contribution in [2.24, 2.45) is 0 Å². The Morgan fingerprint density at radius 3 is 2.41 bits per heavy atom. The molecule has 0 saturated heterocycles. The summed E-state index contributed by atoms with van der Waals surface area (Å²) in [6.45, 7) is 1.96. The highest BCUT2D eigenvalue weighted by Gasteiger charge is 2.24. The quantitative estimate of drug-likeness (QED) is 0.487. The number of sulfone groups is 1. The maximum Gasteiger partial charge on any atom is 0.364 e. The predicted molar refractivity (Wildman–Crippen MR) is 95.7 cm³/mol. The van der Waals surface area contributed by atoms with Gasteiger partial charge in [0, 0.05) is 12.5 Å². The van der Waals surface area contributed by atoms with Gasteiger partial charge in [-0.2, -0.15) is 0 Å². The van der Waals surface area contributed by atoms with E-state index in [-0.39, 0.29) is 23.2 Å². The molecule has 27 heavy (non-hydrogen) atoms. The summed E-state index contributed by atoms with van der Waals surface area (Å²) in [5.41, 5.74) is 0.514. The number of carbonyl (C=O) groups is 2. The van der Waals surface area contributed by atoms with Gasteiger partial charge in [0.1, 0.15) is 5.75 Å². The number of fused-ring (bicyclic) bond motifs is 1. The topological polar surface area (TPSA) is 104 Å². The van der Waals surface area contributed by atoms with Gasteiger partial charge in [0.15, 0.2) is 5.69 Å². The second-order valence-corrected chi connectivity index (χ2v) is 7.51. The number of esters is 2. The lowest BCUT2D eigenvalue weighted by atomic mass is 10.2. The van der Waals surface area contributed by atoms with Crippen LogP contribution < -0.4 is 4.74 Å². The summed E-state index contributed by atoms with van der Waals surface area (Å²) in [6.07, 6.45) is 2.52. The summed E-state index contributed by atoms with van der Waals surface area (Å²) in [6, 6.07) is 10.7. The number of aromatic nitrogens is 2. The summed E-state index contributed by atoms with van der Waals surface area (Å²) >= 11 is 0. The maximum atomic E-state index is 12.5. The third kappa shape index (κ3) is 3.82. The Balaban J connectivity index is 1.90. The second-order valence-electron chi connectivity index (χ2n) is 5.61. The van der Waals surface area contributed by atoms with Crippen LogP contribution in [0.5, 0.6) is 5.75 Å². The summed E-state index contributed by atoms with van der Waals surface area (Å²) < 4.78 is 35.3. The molecule has 0 spiro atoms. The number of hydrogen-bond acceptors (Lipinski definition) is 7. The molecule has 2 heterocycles. The molecule has 0 aliphatic rings. The van der Waals surface area contributed by atoms with Gasteiger partial charge in [-0.3, -0.25) is 4.40 Å². The molecular weight excluding hydrogens is 372 g/mol. The van der Waals surface area contributed by atoms with Gasteiger partial charge in [-0.25, -0.2) is 23.0 Å². The Kier molecular flexibility index (Phi) is 4.95. The standard InChI is InChI=1S/C18H16N2O6S/c1-3-25-16(21)12-7-9-13(10-8-12)26-17(22)15-14-6-4-5-11-20(14)18(19-15)27(2,23)24/h4-11H,3H2,1-2H3. The van der Waals surface area contributed by atoms with Crippen molar-refractivity contribution in [3.63, 3.8) is 0 Å². The van der Waals surface area contributed by atoms with E-state index in [2.05, 4.69) is 4.98 Å². The average Bonchev–Trinajstić information content (AvgIpc) is 3.02. The number of benzene rings is 1. The molecule has 0 fully saturated rings. The van der Waals surface area contributed by atoms with Crippen LogP contribution >= 0.6 is 0 Å². The summed E-state index contributed by atoms with van der Waals surface area (Å²) in [5, 5.41) is -0.247. The minimum absolute atomic E-state index is 0.120. The molecule has 140 valence electrons. The molecule has 0 radical (unpaired) electrons. The van der Waals surface area contributed by atoms with Crippen LogP contribution in [0.1, 0.15) is 27.8 Å². The summed E-state index contributed by atoms with van der Waals surface area (Å²) in [4.78, 5) is 28.1. The first-order valence-corrected chi connectivity index (χ1v) is 9.87. The molecule has 0 saturated carbocycles. The van der Waals surface area contributed by atoms with E-state index in [0.717, 1.165) is 6.26 Å². The van der Waals surface area contributed by atoms with E-state index >= 15 is 0 Å². The molecule has 0 aliphatic carbocycles. The van der Waals surface area contributed by atoms with Gasteiger partial charge in [0.25, 0.3) is 0 Å². The number of pyridine rings is 1. The zero-order valence-electron chi connectivity index (χ0n) is 14.6. The largest absolute Gasteiger partial charge is 0.462 e. The Morgan fingerprint density at radius 2 is 1.78 bits per heavy atom. The highest BCUT2D eigenvalue weighted by atomic mass is 32.2. The molecule has 0 N–H and O–H groups in total. The highest BCUT2D eigenvalue weighted by Crippen LogP contribution is 2.20. The fourth-order valence-electron chi connectivity index (χ4n) is 2.45. The Bertz CT molecular complexity index is 1120. The van der Waals surface area contributed by atoms with Gasteiger partial charge in [-0.05, 0) is 43.3 Å². The van der Waals surface area contributed by atoms with Crippen LogP contribution in [0, 0.1) is 0 Å². The number of carbonyl (C=O) groups excluding carboxylic acids is 2. The molecule has 2 aromatic heterocycles. The summed E-state index contributed by atoms with van der Waals surface area (Å²) in [7, 11) is -3.64. The molecule has 3 aromatic rings. The van der Waals surface area contributed by atoms with Crippen molar-refractivity contribution in [1.29, 1.82) is 0 Å². The van der Waals surface area contributed by atoms with Gasteiger partial charge in [-0.15, -0.1) is 0 Å². The van der Waals surface area contributed by atoms with Crippen LogP contribution in [-0.2, 0) is 14.6 Å². The first-order chi connectivity index (χ1) is 12.8. The fourth-order valence-corrected chi connectivity index (χ4v) is 3.22. The van der Waals surface area contributed by atoms with Crippen molar-refractivity contribution in [2.75, 3.05) is 12.9 Å². The number of ether oxygens (including phenoxy) is 2. The van der Waals surface area contributed by atoms with Crippen LogP contribution in [0.15, 0.2) is 53.8 Å². The number of hydrogen-bond donors (Lipinski definition) is 0. The van der Waals surface area contributed by atoms with Crippen molar-refractivity contribution in [3.8, 4) is 5.75 Å². The second kappa shape index (κ2) is 7.20. The lowest BCUT2D eigenvalue weighted by Crippen LogP contribution is -2.10. The van der Waals surface area contributed by atoms with E-state index in [0.29, 0.717) is 11.1 Å². The highest BCUT2D eigenvalue weighted by molar-refractivity contribution is 7.90. The van der Waals surface area contributed by atoms with Gasteiger partial charge >= 0.3 is 11.9 Å². The Morgan fingerprint density at radius 1 is 1.07 bits per heavy atom. The molecule has 8 nitrogen and oxygen atoms in total. The average molecular weight is 388 g/mol. The van der Waals surface area contributed by atoms with Crippen LogP contribution in [0.4, 0.5) is 0 Å². The SMILES string of the molecule is CCOC(=O)c1ccc(OC(=O)c2nc(S(C)(=O)=O)n3ccccc23)cc1. The number of rotatable bonds is 5. The smallest absolute Gasteiger partial charge is 0.364 e. The normalized spacial score (nSPS) is 11.3. The molecule has 0 aliphatic heterocycles. The van der Waals surface area contributed by atoms with E-state index in [9.17, 15) is 18.0 Å². The van der Waals surface area contributed by atoms with Crippen molar-refractivity contribution < 1.29 is 27.5 Å². The molecular formula is C18H16N2O6S. The first-order valence-electron chi connectivity index (χ1n) is 7.97. The fraction of sp³-hybridized carbons (Fsp3) is 0.167. The van der Waals surface area contributed by atoms with E-state index in [1.807, 2.05) is 0 Å². The van der Waals surface area contributed by atoms with Crippen LogP contribution in [0.2, 0.25) is 0 Å². The molecule has 0 atom stereocenters. The molecule has 9 heteroatoms. The monoisotopic (exact) mass is 388 g/mol. The third-order valence-electron chi connectivity index (χ3n) is 3.62. The van der Waals surface area contributed by atoms with Gasteiger partial charge in [-0.1, -0.05) is 6.07 Å². The molecule has 0 bridgehead atoms. The van der Waals surface area contributed by atoms with E-state index in [4.69, 9.17) is 9.47 Å². The Labute approximate surface area is 155 Å². The van der Waals surface area contributed by atoms with E-state index in [1.54, 1.807) is 25.1 Å². The molecule has 0 amide bonds. The first kappa shape index (κ1) is 18.6. The van der Waals surface area contributed by atoms with Crippen molar-refractivity contribution in [2.45, 2.75) is 12.1 Å². The van der Waals surface area contributed by atoms with Crippen molar-refractivity contribution in [3.05, 3.63) is 59.9 Å². The minimum Gasteiger partial charge on any atom is -0.462 e. The number of imidazole rings is 1. The zero-order valence-corrected chi connectivity index (χ0v) is 15.4. The van der Waals surface area contributed by atoms with Crippen LogP contribution in [-0.4, -0.2) is 42.6 Å². The lowest BCUT2D eigenvalue weighted by molar-refractivity contribution is 0.0526. The van der Waals surface area contributed by atoms with Gasteiger partial charge < -0.3 is 9.47 Å². The third-order valence-corrected chi connectivity index (χ3v) is 4.57. The van der Waals surface area contributed by atoms with Gasteiger partial charge in [0.05, 0.1) is 17.7 Å². The molecule has 0 unspecified atom stereocenters. The zero-order chi connectivity index (χ0) is 19.6. The van der Waals surface area contributed by atoms with E-state index < -0.39 is 21.8 Å². The van der Waals surface area contributed by atoms with Crippen LogP contribution in [0.25, 0.3) is 5.52 Å². The predicted octanol–water partition coefficient (Wildman–Crippen LogP) is 2.13. The minimum atomic E-state index is -3.64. The van der Waals surface area contributed by atoms with E-state index in [1.165, 1.54) is 34.9 Å². The number of nitrogens with zero attached hydrogens (tertiary/aromatic N) is 2. The maximum absolute atomic E-state index is 12.5. The molecule has 1 aromatic carbocycles. The van der Waals surface area contributed by atoms with Gasteiger partial charge in [0.2, 0.25) is 15.0 Å². The van der Waals surface area contributed by atoms with Crippen LogP contribution in [0.3, 0.4) is 0 Å².